The molecular formula is C17H14F3N3O3S. The highest BCUT2D eigenvalue weighted by molar-refractivity contribution is 7.89. The van der Waals surface area contributed by atoms with E-state index in [1.807, 2.05) is 0 Å². The van der Waals surface area contributed by atoms with Gasteiger partial charge in [0.05, 0.1) is 28.4 Å². The number of nitrogens with zero attached hydrogens (tertiary/aromatic N) is 2. The summed E-state index contributed by atoms with van der Waals surface area (Å²) in [5, 5.41) is 17.5. The van der Waals surface area contributed by atoms with Gasteiger partial charge in [0.25, 0.3) is 0 Å². The first-order valence-corrected chi connectivity index (χ1v) is 8.83. The third kappa shape index (κ3) is 4.02. The summed E-state index contributed by atoms with van der Waals surface area (Å²) in [7, 11) is -4.64. The minimum atomic E-state index is -4.89. The number of rotatable bonds is 4. The quantitative estimate of drug-likeness (QED) is 0.702. The van der Waals surface area contributed by atoms with Crippen LogP contribution in [0.1, 0.15) is 16.7 Å². The predicted molar refractivity (Wildman–Crippen MR) is 91.3 cm³/mol. The third-order valence-corrected chi connectivity index (χ3v) is 4.29. The van der Waals surface area contributed by atoms with Crippen molar-refractivity contribution >= 4 is 10.0 Å². The molecule has 2 aromatic carbocycles. The molecule has 0 aliphatic heterocycles. The van der Waals surface area contributed by atoms with Crippen molar-refractivity contribution in [2.45, 2.75) is 17.7 Å². The molecule has 27 heavy (non-hydrogen) atoms. The number of sulfonamides is 1. The molecule has 0 saturated carbocycles. The monoisotopic (exact) mass is 401 g/mol. The van der Waals surface area contributed by atoms with E-state index < -0.39 is 56.6 Å². The topological polar surface area (TPSA) is 98.2 Å². The standard InChI is InChI=1S/C17H14F3N3O3S/c18-17(19,20)16-9-15(12-3-1-11(10-24)2-4-12)23(22-16)13-5-7-14(8-6-13)27(21,25)26/h1-9,24H,10H2,(H2,21,25,26)/i5D,6D,7D,8D. The number of benzene rings is 2. The summed E-state index contributed by atoms with van der Waals surface area (Å²) in [6.07, 6.45) is -4.89. The molecule has 0 atom stereocenters. The fraction of sp³-hybridized carbons (Fsp3) is 0.118. The maximum atomic E-state index is 13.3. The molecule has 0 amide bonds. The first kappa shape index (κ1) is 14.4. The van der Waals surface area contributed by atoms with Gasteiger partial charge in [0, 0.05) is 5.56 Å². The minimum Gasteiger partial charge on any atom is -0.392 e. The Morgan fingerprint density at radius 2 is 1.74 bits per heavy atom. The van der Waals surface area contributed by atoms with E-state index in [1.165, 1.54) is 24.3 Å². The molecule has 0 fully saturated rings. The summed E-state index contributed by atoms with van der Waals surface area (Å²) in [4.78, 5) is -1.08. The van der Waals surface area contributed by atoms with E-state index in [-0.39, 0.29) is 17.9 Å². The maximum Gasteiger partial charge on any atom is 0.435 e. The lowest BCUT2D eigenvalue weighted by atomic mass is 10.1. The van der Waals surface area contributed by atoms with E-state index in [9.17, 15) is 21.6 Å². The van der Waals surface area contributed by atoms with Crippen LogP contribution in [-0.4, -0.2) is 23.3 Å². The van der Waals surface area contributed by atoms with Gasteiger partial charge in [-0.3, -0.25) is 0 Å². The van der Waals surface area contributed by atoms with Crippen LogP contribution in [0.15, 0.2) is 59.4 Å². The van der Waals surface area contributed by atoms with E-state index in [4.69, 9.17) is 15.7 Å². The molecule has 3 rings (SSSR count). The molecule has 10 heteroatoms. The average molecular weight is 401 g/mol. The first-order valence-electron chi connectivity index (χ1n) is 9.28. The van der Waals surface area contributed by atoms with Gasteiger partial charge in [0.2, 0.25) is 10.0 Å². The molecule has 0 aliphatic rings. The van der Waals surface area contributed by atoms with Crippen LogP contribution in [0.2, 0.25) is 0 Å². The van der Waals surface area contributed by atoms with Gasteiger partial charge in [-0.15, -0.1) is 0 Å². The molecule has 0 spiro atoms. The van der Waals surface area contributed by atoms with Gasteiger partial charge in [-0.1, -0.05) is 24.3 Å². The molecule has 0 aliphatic carbocycles. The molecule has 1 heterocycles. The van der Waals surface area contributed by atoms with Crippen molar-refractivity contribution in [2.75, 3.05) is 0 Å². The van der Waals surface area contributed by atoms with Gasteiger partial charge < -0.3 is 5.11 Å². The molecule has 0 radical (unpaired) electrons. The summed E-state index contributed by atoms with van der Waals surface area (Å²) in [5.74, 6) is 0. The van der Waals surface area contributed by atoms with E-state index in [1.54, 1.807) is 0 Å². The van der Waals surface area contributed by atoms with Gasteiger partial charge >= 0.3 is 6.18 Å². The highest BCUT2D eigenvalue weighted by Crippen LogP contribution is 2.33. The fourth-order valence-electron chi connectivity index (χ4n) is 2.22. The molecule has 0 saturated heterocycles. The number of hydrogen-bond acceptors (Lipinski definition) is 4. The average Bonchev–Trinajstić information content (AvgIpc) is 3.11. The molecule has 142 valence electrons. The van der Waals surface area contributed by atoms with E-state index in [0.29, 0.717) is 16.3 Å². The molecule has 3 N–H and O–H groups in total. The number of primary sulfonamides is 1. The highest BCUT2D eigenvalue weighted by atomic mass is 32.2. The normalized spacial score (nSPS) is 14.4. The Kier molecular flexibility index (Phi) is 3.62. The van der Waals surface area contributed by atoms with Crippen molar-refractivity contribution in [3.63, 3.8) is 0 Å². The number of aliphatic hydroxyl groups is 1. The van der Waals surface area contributed by atoms with Crippen molar-refractivity contribution in [3.05, 3.63) is 65.8 Å². The van der Waals surface area contributed by atoms with Crippen molar-refractivity contribution in [1.29, 1.82) is 0 Å². The molecule has 1 aromatic heterocycles. The Morgan fingerprint density at radius 3 is 2.22 bits per heavy atom. The van der Waals surface area contributed by atoms with Gasteiger partial charge in [-0.05, 0) is 35.8 Å². The summed E-state index contributed by atoms with van der Waals surface area (Å²) in [6, 6.07) is 2.37. The number of aliphatic hydroxyl groups excluding tert-OH is 1. The van der Waals surface area contributed by atoms with Crippen LogP contribution in [0.4, 0.5) is 13.2 Å². The van der Waals surface area contributed by atoms with Gasteiger partial charge in [0.1, 0.15) is 0 Å². The van der Waals surface area contributed by atoms with E-state index in [2.05, 4.69) is 5.10 Å². The van der Waals surface area contributed by atoms with Gasteiger partial charge in [0.15, 0.2) is 5.69 Å². The SMILES string of the molecule is [2H]c1c([2H])c(S(N)(=O)=O)c([2H])c([2H])c1-n1nc(C(F)(F)F)cc1-c1ccc(CO)cc1. The maximum absolute atomic E-state index is 13.3. The Morgan fingerprint density at radius 1 is 1.15 bits per heavy atom. The second-order valence-electron chi connectivity index (χ2n) is 5.40. The lowest BCUT2D eigenvalue weighted by Gasteiger charge is -2.09. The molecular weight excluding hydrogens is 383 g/mol. The van der Waals surface area contributed by atoms with Crippen LogP contribution in [0, 0.1) is 0 Å². The Bertz CT molecular complexity index is 1250. The van der Waals surface area contributed by atoms with Crippen LogP contribution in [0.25, 0.3) is 16.9 Å². The molecule has 3 aromatic rings. The third-order valence-electron chi connectivity index (χ3n) is 3.52. The second kappa shape index (κ2) is 6.80. The summed E-state index contributed by atoms with van der Waals surface area (Å²) in [5.41, 5.74) is -1.61. The van der Waals surface area contributed by atoms with Crippen molar-refractivity contribution in [3.8, 4) is 16.9 Å². The van der Waals surface area contributed by atoms with Crippen LogP contribution >= 0.6 is 0 Å². The molecule has 0 unspecified atom stereocenters. The Hall–Kier alpha value is -2.69. The summed E-state index contributed by atoms with van der Waals surface area (Å²) >= 11 is 0. The van der Waals surface area contributed by atoms with E-state index >= 15 is 0 Å². The summed E-state index contributed by atoms with van der Waals surface area (Å²) in [6.45, 7) is -0.305. The van der Waals surface area contributed by atoms with Crippen molar-refractivity contribution < 1.29 is 32.2 Å². The highest BCUT2D eigenvalue weighted by Gasteiger charge is 2.35. The zero-order chi connectivity index (χ0) is 23.3. The number of alkyl halides is 3. The molecule has 0 bridgehead atoms. The van der Waals surface area contributed by atoms with Crippen LogP contribution in [0.3, 0.4) is 0 Å². The van der Waals surface area contributed by atoms with Crippen molar-refractivity contribution in [1.82, 2.24) is 9.78 Å². The number of halogens is 3. The fourth-order valence-corrected chi connectivity index (χ4v) is 2.61. The minimum absolute atomic E-state index is 0.174. The number of hydrogen-bond donors (Lipinski definition) is 2. The Labute approximate surface area is 158 Å². The Balaban J connectivity index is 2.38. The smallest absolute Gasteiger partial charge is 0.392 e. The second-order valence-corrected chi connectivity index (χ2v) is 6.90. The van der Waals surface area contributed by atoms with Crippen LogP contribution in [0.5, 0.6) is 0 Å². The van der Waals surface area contributed by atoms with Gasteiger partial charge in [-0.2, -0.15) is 18.3 Å². The number of aromatic nitrogens is 2. The lowest BCUT2D eigenvalue weighted by molar-refractivity contribution is -0.141. The van der Waals surface area contributed by atoms with Crippen LogP contribution < -0.4 is 5.14 Å². The molecule has 6 nitrogen and oxygen atoms in total. The van der Waals surface area contributed by atoms with Gasteiger partial charge in [-0.25, -0.2) is 18.2 Å². The van der Waals surface area contributed by atoms with Crippen LogP contribution in [-0.2, 0) is 22.8 Å². The first-order chi connectivity index (χ1) is 14.3. The zero-order valence-corrected chi connectivity index (χ0v) is 14.2. The predicted octanol–water partition coefficient (Wildman–Crippen LogP) is 2.70. The van der Waals surface area contributed by atoms with E-state index in [0.717, 1.165) is 0 Å². The van der Waals surface area contributed by atoms with Crippen molar-refractivity contribution in [2.24, 2.45) is 5.14 Å². The number of nitrogens with two attached hydrogens (primary N) is 1. The largest absolute Gasteiger partial charge is 0.435 e. The summed E-state index contributed by atoms with van der Waals surface area (Å²) < 4.78 is 95.9. The zero-order valence-electron chi connectivity index (χ0n) is 17.4. The lowest BCUT2D eigenvalue weighted by Crippen LogP contribution is -2.12.